The van der Waals surface area contributed by atoms with Crippen LogP contribution in [0.1, 0.15) is 30.4 Å². The number of amides is 1. The molecule has 0 bridgehead atoms. The van der Waals surface area contributed by atoms with Crippen LogP contribution < -0.4 is 10.6 Å². The highest BCUT2D eigenvalue weighted by Crippen LogP contribution is 2.20. The number of anilines is 1. The van der Waals surface area contributed by atoms with E-state index in [1.807, 2.05) is 44.2 Å². The Morgan fingerprint density at radius 1 is 1.26 bits per heavy atom. The van der Waals surface area contributed by atoms with Crippen LogP contribution in [-0.4, -0.2) is 25.6 Å². The minimum absolute atomic E-state index is 0.00625. The third-order valence-corrected chi connectivity index (χ3v) is 4.67. The van der Waals surface area contributed by atoms with Gasteiger partial charge in [-0.25, -0.2) is 0 Å². The van der Waals surface area contributed by atoms with Gasteiger partial charge in [-0.1, -0.05) is 18.2 Å². The molecule has 0 aliphatic carbocycles. The van der Waals surface area contributed by atoms with E-state index < -0.39 is 0 Å². The number of hydrogen-bond acceptors (Lipinski definition) is 4. The smallest absolute Gasteiger partial charge is 0.242 e. The van der Waals surface area contributed by atoms with Gasteiger partial charge in [0.15, 0.2) is 0 Å². The van der Waals surface area contributed by atoms with Crippen molar-refractivity contribution < 1.29 is 9.53 Å². The number of benzene rings is 1. The predicted octanol–water partition coefficient (Wildman–Crippen LogP) is 3.61. The Labute approximate surface area is 141 Å². The molecular formula is C18H24N2O2S. The minimum Gasteiger partial charge on any atom is -0.377 e. The largest absolute Gasteiger partial charge is 0.377 e. The first-order chi connectivity index (χ1) is 11.1. The van der Waals surface area contributed by atoms with Crippen LogP contribution in [0.2, 0.25) is 0 Å². The first kappa shape index (κ1) is 17.5. The summed E-state index contributed by atoms with van der Waals surface area (Å²) in [6.45, 7) is 4.53. The lowest BCUT2D eigenvalue weighted by atomic mass is 10.1. The van der Waals surface area contributed by atoms with Gasteiger partial charge in [-0.05, 0) is 49.4 Å². The van der Waals surface area contributed by atoms with Gasteiger partial charge < -0.3 is 15.4 Å². The van der Waals surface area contributed by atoms with Crippen LogP contribution in [0, 0.1) is 0 Å². The van der Waals surface area contributed by atoms with E-state index in [0.29, 0.717) is 6.54 Å². The van der Waals surface area contributed by atoms with E-state index in [1.54, 1.807) is 18.4 Å². The maximum absolute atomic E-state index is 12.2. The van der Waals surface area contributed by atoms with Gasteiger partial charge in [0.2, 0.25) is 5.91 Å². The van der Waals surface area contributed by atoms with Gasteiger partial charge in [0.1, 0.15) is 6.04 Å². The van der Waals surface area contributed by atoms with Crippen LogP contribution in [0.25, 0.3) is 0 Å². The lowest BCUT2D eigenvalue weighted by Crippen LogP contribution is -2.38. The van der Waals surface area contributed by atoms with Crippen LogP contribution >= 0.6 is 11.3 Å². The summed E-state index contributed by atoms with van der Waals surface area (Å²) in [4.78, 5) is 13.4. The van der Waals surface area contributed by atoms with Gasteiger partial charge >= 0.3 is 0 Å². The highest BCUT2D eigenvalue weighted by molar-refractivity contribution is 7.09. The maximum atomic E-state index is 12.2. The number of thiophene rings is 1. The van der Waals surface area contributed by atoms with Gasteiger partial charge in [-0.15, -0.1) is 11.3 Å². The summed E-state index contributed by atoms with van der Waals surface area (Å²) in [6.07, 6.45) is 0.906. The first-order valence-electron chi connectivity index (χ1n) is 7.79. The first-order valence-corrected chi connectivity index (χ1v) is 8.67. The zero-order valence-electron chi connectivity index (χ0n) is 13.8. The van der Waals surface area contributed by atoms with E-state index in [4.69, 9.17) is 4.74 Å². The Kier molecular flexibility index (Phi) is 6.62. The maximum Gasteiger partial charge on any atom is 0.242 e. The van der Waals surface area contributed by atoms with E-state index in [1.165, 1.54) is 4.88 Å². The molecule has 1 heterocycles. The standard InChI is InChI=1S/C18H24N2O2S/c1-13(18(21)19-10-9-17-8-5-11-23-17)20-16-7-4-6-15(12-16)14(2)22-3/h4-8,11-14,20H,9-10H2,1-3H3,(H,19,21)/t13-,14+/m0/s1. The molecule has 4 nitrogen and oxygen atoms in total. The molecule has 0 saturated carbocycles. The Balaban J connectivity index is 1.83. The molecule has 2 N–H and O–H groups in total. The summed E-state index contributed by atoms with van der Waals surface area (Å²) in [6, 6.07) is 11.8. The molecule has 0 unspecified atom stereocenters. The van der Waals surface area contributed by atoms with Crippen LogP contribution in [-0.2, 0) is 16.0 Å². The molecule has 0 spiro atoms. The lowest BCUT2D eigenvalue weighted by Gasteiger charge is -2.17. The molecule has 0 fully saturated rings. The van der Waals surface area contributed by atoms with E-state index >= 15 is 0 Å². The van der Waals surface area contributed by atoms with Gasteiger partial charge in [0.05, 0.1) is 6.10 Å². The van der Waals surface area contributed by atoms with Crippen molar-refractivity contribution in [2.75, 3.05) is 19.0 Å². The normalized spacial score (nSPS) is 13.3. The number of nitrogens with one attached hydrogen (secondary N) is 2. The minimum atomic E-state index is -0.286. The van der Waals surface area contributed by atoms with E-state index in [-0.39, 0.29) is 18.1 Å². The number of carbonyl (C=O) groups is 1. The molecule has 1 aromatic carbocycles. The Morgan fingerprint density at radius 3 is 2.78 bits per heavy atom. The van der Waals surface area contributed by atoms with Crippen molar-refractivity contribution in [3.8, 4) is 0 Å². The summed E-state index contributed by atoms with van der Waals surface area (Å²) in [5, 5.41) is 8.26. The van der Waals surface area contributed by atoms with Crippen molar-refractivity contribution in [1.29, 1.82) is 0 Å². The second kappa shape index (κ2) is 8.70. The van der Waals surface area contributed by atoms with Crippen molar-refractivity contribution >= 4 is 22.9 Å². The fourth-order valence-corrected chi connectivity index (χ4v) is 2.96. The van der Waals surface area contributed by atoms with Gasteiger partial charge in [-0.3, -0.25) is 4.79 Å². The summed E-state index contributed by atoms with van der Waals surface area (Å²) >= 11 is 1.71. The highest BCUT2D eigenvalue weighted by atomic mass is 32.1. The summed E-state index contributed by atoms with van der Waals surface area (Å²) in [5.74, 6) is 0.00625. The van der Waals surface area contributed by atoms with Gasteiger partial charge in [0, 0.05) is 24.2 Å². The molecule has 2 rings (SSSR count). The Hall–Kier alpha value is -1.85. The van der Waals surface area contributed by atoms with E-state index in [2.05, 4.69) is 22.1 Å². The number of carbonyl (C=O) groups excluding carboxylic acids is 1. The molecule has 2 aromatic rings. The van der Waals surface area contributed by atoms with Crippen LogP contribution in [0.4, 0.5) is 5.69 Å². The molecule has 1 amide bonds. The molecule has 0 aliphatic rings. The molecular weight excluding hydrogens is 308 g/mol. The second-order valence-corrected chi connectivity index (χ2v) is 6.52. The van der Waals surface area contributed by atoms with Crippen molar-refractivity contribution in [2.24, 2.45) is 0 Å². The molecule has 124 valence electrons. The topological polar surface area (TPSA) is 50.4 Å². The highest BCUT2D eigenvalue weighted by Gasteiger charge is 2.13. The third kappa shape index (κ3) is 5.37. The fraction of sp³-hybridized carbons (Fsp3) is 0.389. The molecule has 2 atom stereocenters. The zero-order chi connectivity index (χ0) is 16.7. The number of methoxy groups -OCH3 is 1. The van der Waals surface area contributed by atoms with E-state index in [0.717, 1.165) is 17.7 Å². The quantitative estimate of drug-likeness (QED) is 0.776. The molecule has 1 aromatic heterocycles. The van der Waals surface area contributed by atoms with Gasteiger partial charge in [-0.2, -0.15) is 0 Å². The van der Waals surface area contributed by atoms with Crippen molar-refractivity contribution in [3.63, 3.8) is 0 Å². The summed E-state index contributed by atoms with van der Waals surface area (Å²) in [5.41, 5.74) is 2.01. The number of hydrogen-bond donors (Lipinski definition) is 2. The van der Waals surface area contributed by atoms with E-state index in [9.17, 15) is 4.79 Å². The molecule has 0 saturated heterocycles. The SMILES string of the molecule is CO[C@H](C)c1cccc(N[C@@H](C)C(=O)NCCc2cccs2)c1. The number of ether oxygens (including phenoxy) is 1. The second-order valence-electron chi connectivity index (χ2n) is 5.49. The van der Waals surface area contributed by atoms with Crippen molar-refractivity contribution in [1.82, 2.24) is 5.32 Å². The van der Waals surface area contributed by atoms with Crippen LogP contribution in [0.3, 0.4) is 0 Å². The molecule has 0 radical (unpaired) electrons. The summed E-state index contributed by atoms with van der Waals surface area (Å²) < 4.78 is 5.33. The molecule has 23 heavy (non-hydrogen) atoms. The Bertz CT molecular complexity index is 613. The van der Waals surface area contributed by atoms with Crippen LogP contribution in [0.5, 0.6) is 0 Å². The third-order valence-electron chi connectivity index (χ3n) is 3.74. The van der Waals surface area contributed by atoms with Crippen molar-refractivity contribution in [2.45, 2.75) is 32.4 Å². The average Bonchev–Trinajstić information content (AvgIpc) is 3.07. The van der Waals surface area contributed by atoms with Crippen LogP contribution in [0.15, 0.2) is 41.8 Å². The number of rotatable bonds is 8. The molecule has 0 aliphatic heterocycles. The fourth-order valence-electron chi connectivity index (χ4n) is 2.25. The summed E-state index contributed by atoms with van der Waals surface area (Å²) in [7, 11) is 1.69. The average molecular weight is 332 g/mol. The lowest BCUT2D eigenvalue weighted by molar-refractivity contribution is -0.121. The monoisotopic (exact) mass is 332 g/mol. The predicted molar refractivity (Wildman–Crippen MR) is 96.0 cm³/mol. The van der Waals surface area contributed by atoms with Gasteiger partial charge in [0.25, 0.3) is 0 Å². The zero-order valence-corrected chi connectivity index (χ0v) is 14.7. The molecule has 5 heteroatoms. The van der Waals surface area contributed by atoms with Crippen molar-refractivity contribution in [3.05, 3.63) is 52.2 Å². The Morgan fingerprint density at radius 2 is 2.09 bits per heavy atom.